The largest absolute Gasteiger partial charge is 0.312 e. The summed E-state index contributed by atoms with van der Waals surface area (Å²) >= 11 is 3.39. The fraction of sp³-hybridized carbons (Fsp3) is 0.455. The Labute approximate surface area is 111 Å². The van der Waals surface area contributed by atoms with E-state index in [1.807, 2.05) is 24.3 Å². The molecular formula is C11H17BrN2O2S. The molecule has 0 aliphatic carbocycles. The van der Waals surface area contributed by atoms with Gasteiger partial charge in [-0.05, 0) is 17.7 Å². The van der Waals surface area contributed by atoms with Gasteiger partial charge in [0.05, 0.1) is 5.75 Å². The molecule has 0 aliphatic rings. The minimum absolute atomic E-state index is 0.119. The van der Waals surface area contributed by atoms with Gasteiger partial charge in [0.2, 0.25) is 10.0 Å². The molecule has 1 N–H and O–H groups in total. The second kappa shape index (κ2) is 6.49. The number of hydrogen-bond donors (Lipinski definition) is 1. The zero-order valence-electron chi connectivity index (χ0n) is 9.98. The average Bonchev–Trinajstić information content (AvgIpc) is 2.24. The normalized spacial score (nSPS) is 12.0. The minimum Gasteiger partial charge on any atom is -0.312 e. The Kier molecular flexibility index (Phi) is 5.58. The number of halogens is 1. The predicted molar refractivity (Wildman–Crippen MR) is 73.3 cm³/mol. The Bertz CT molecular complexity index is 460. The fourth-order valence-corrected chi connectivity index (χ4v) is 2.48. The average molecular weight is 321 g/mol. The van der Waals surface area contributed by atoms with Crippen molar-refractivity contribution in [1.29, 1.82) is 0 Å². The van der Waals surface area contributed by atoms with Crippen LogP contribution in [0, 0.1) is 0 Å². The standard InChI is InChI=1S/C11H17BrN2O2S/c1-14(2)17(15,16)7-6-13-9-10-4-3-5-11(12)8-10/h3-5,8,13H,6-7,9H2,1-2H3. The molecule has 6 heteroatoms. The molecule has 0 saturated heterocycles. The quantitative estimate of drug-likeness (QED) is 0.807. The first-order chi connectivity index (χ1) is 7.92. The number of benzene rings is 1. The summed E-state index contributed by atoms with van der Waals surface area (Å²) in [7, 11) is -0.00866. The maximum atomic E-state index is 11.5. The maximum absolute atomic E-state index is 11.5. The molecule has 4 nitrogen and oxygen atoms in total. The van der Waals surface area contributed by atoms with Crippen LogP contribution in [-0.4, -0.2) is 39.1 Å². The molecule has 0 fully saturated rings. The van der Waals surface area contributed by atoms with Gasteiger partial charge in [-0.25, -0.2) is 12.7 Å². The molecule has 1 aromatic rings. The number of rotatable bonds is 6. The lowest BCUT2D eigenvalue weighted by Gasteiger charge is -2.11. The first kappa shape index (κ1) is 14.6. The Morgan fingerprint density at radius 3 is 2.65 bits per heavy atom. The van der Waals surface area contributed by atoms with E-state index >= 15 is 0 Å². The van der Waals surface area contributed by atoms with E-state index in [0.29, 0.717) is 13.1 Å². The SMILES string of the molecule is CN(C)S(=O)(=O)CCNCc1cccc(Br)c1. The molecule has 17 heavy (non-hydrogen) atoms. The summed E-state index contributed by atoms with van der Waals surface area (Å²) in [6.45, 7) is 1.12. The summed E-state index contributed by atoms with van der Waals surface area (Å²) in [5, 5.41) is 3.11. The highest BCUT2D eigenvalue weighted by Gasteiger charge is 2.12. The fourth-order valence-electron chi connectivity index (χ4n) is 1.26. The van der Waals surface area contributed by atoms with Gasteiger partial charge in [0.1, 0.15) is 0 Å². The van der Waals surface area contributed by atoms with Gasteiger partial charge in [-0.3, -0.25) is 0 Å². The molecule has 96 valence electrons. The van der Waals surface area contributed by atoms with Gasteiger partial charge in [0.25, 0.3) is 0 Å². The van der Waals surface area contributed by atoms with Crippen LogP contribution < -0.4 is 5.32 Å². The van der Waals surface area contributed by atoms with Gasteiger partial charge in [0, 0.05) is 31.7 Å². The van der Waals surface area contributed by atoms with Crippen molar-refractivity contribution in [1.82, 2.24) is 9.62 Å². The monoisotopic (exact) mass is 320 g/mol. The van der Waals surface area contributed by atoms with Gasteiger partial charge in [-0.15, -0.1) is 0 Å². The number of nitrogens with one attached hydrogen (secondary N) is 1. The van der Waals surface area contributed by atoms with Gasteiger partial charge >= 0.3 is 0 Å². The molecule has 0 bridgehead atoms. The molecule has 0 atom stereocenters. The number of nitrogens with zero attached hydrogens (tertiary/aromatic N) is 1. The van der Waals surface area contributed by atoms with Crippen LogP contribution in [-0.2, 0) is 16.6 Å². The van der Waals surface area contributed by atoms with Crippen LogP contribution in [0.25, 0.3) is 0 Å². The lowest BCUT2D eigenvalue weighted by Crippen LogP contribution is -2.30. The lowest BCUT2D eigenvalue weighted by atomic mass is 10.2. The summed E-state index contributed by atoms with van der Waals surface area (Å²) in [4.78, 5) is 0. The third kappa shape index (κ3) is 5.16. The van der Waals surface area contributed by atoms with Crippen molar-refractivity contribution < 1.29 is 8.42 Å². The second-order valence-electron chi connectivity index (χ2n) is 3.91. The molecule has 0 unspecified atom stereocenters. The van der Waals surface area contributed by atoms with Crippen LogP contribution in [0.1, 0.15) is 5.56 Å². The van der Waals surface area contributed by atoms with Gasteiger partial charge in [-0.1, -0.05) is 28.1 Å². The van der Waals surface area contributed by atoms with Crippen molar-refractivity contribution in [3.05, 3.63) is 34.3 Å². The van der Waals surface area contributed by atoms with E-state index in [0.717, 1.165) is 10.0 Å². The highest BCUT2D eigenvalue weighted by Crippen LogP contribution is 2.11. The molecule has 0 saturated carbocycles. The molecule has 0 radical (unpaired) electrons. The van der Waals surface area contributed by atoms with E-state index < -0.39 is 10.0 Å². The zero-order chi connectivity index (χ0) is 12.9. The number of sulfonamides is 1. The van der Waals surface area contributed by atoms with Crippen molar-refractivity contribution in [3.63, 3.8) is 0 Å². The van der Waals surface area contributed by atoms with Crippen LogP contribution >= 0.6 is 15.9 Å². The van der Waals surface area contributed by atoms with Gasteiger partial charge in [0.15, 0.2) is 0 Å². The molecule has 0 heterocycles. The summed E-state index contributed by atoms with van der Waals surface area (Å²) in [5.41, 5.74) is 1.13. The van der Waals surface area contributed by atoms with Crippen LogP contribution in [0.2, 0.25) is 0 Å². The predicted octanol–water partition coefficient (Wildman–Crippen LogP) is 1.43. The van der Waals surface area contributed by atoms with E-state index in [4.69, 9.17) is 0 Å². The first-order valence-corrected chi connectivity index (χ1v) is 7.67. The summed E-state index contributed by atoms with van der Waals surface area (Å²) in [6.07, 6.45) is 0. The maximum Gasteiger partial charge on any atom is 0.214 e. The number of hydrogen-bond acceptors (Lipinski definition) is 3. The zero-order valence-corrected chi connectivity index (χ0v) is 12.4. The van der Waals surface area contributed by atoms with Crippen molar-refractivity contribution in [2.75, 3.05) is 26.4 Å². The van der Waals surface area contributed by atoms with Gasteiger partial charge < -0.3 is 5.32 Å². The highest BCUT2D eigenvalue weighted by atomic mass is 79.9. The third-order valence-electron chi connectivity index (χ3n) is 2.31. The lowest BCUT2D eigenvalue weighted by molar-refractivity contribution is 0.517. The van der Waals surface area contributed by atoms with Crippen LogP contribution in [0.5, 0.6) is 0 Å². The van der Waals surface area contributed by atoms with E-state index in [1.54, 1.807) is 14.1 Å². The van der Waals surface area contributed by atoms with Crippen LogP contribution in [0.4, 0.5) is 0 Å². The topological polar surface area (TPSA) is 49.4 Å². The second-order valence-corrected chi connectivity index (χ2v) is 7.12. The van der Waals surface area contributed by atoms with Crippen molar-refractivity contribution in [2.45, 2.75) is 6.54 Å². The Balaban J connectivity index is 2.35. The van der Waals surface area contributed by atoms with Crippen molar-refractivity contribution in [2.24, 2.45) is 0 Å². The molecular weight excluding hydrogens is 304 g/mol. The molecule has 0 spiro atoms. The van der Waals surface area contributed by atoms with Crippen LogP contribution in [0.3, 0.4) is 0 Å². The summed E-state index contributed by atoms with van der Waals surface area (Å²) in [6, 6.07) is 7.92. The van der Waals surface area contributed by atoms with E-state index in [2.05, 4.69) is 21.2 Å². The first-order valence-electron chi connectivity index (χ1n) is 5.27. The smallest absolute Gasteiger partial charge is 0.214 e. The van der Waals surface area contributed by atoms with Gasteiger partial charge in [-0.2, -0.15) is 0 Å². The minimum atomic E-state index is -3.10. The molecule has 0 aromatic heterocycles. The third-order valence-corrected chi connectivity index (χ3v) is 4.64. The summed E-state index contributed by atoms with van der Waals surface area (Å²) in [5.74, 6) is 0.119. The van der Waals surface area contributed by atoms with Crippen molar-refractivity contribution >= 4 is 26.0 Å². The molecule has 0 amide bonds. The van der Waals surface area contributed by atoms with Crippen molar-refractivity contribution in [3.8, 4) is 0 Å². The van der Waals surface area contributed by atoms with Crippen LogP contribution in [0.15, 0.2) is 28.7 Å². The molecule has 1 aromatic carbocycles. The Hall–Kier alpha value is -0.430. The highest BCUT2D eigenvalue weighted by molar-refractivity contribution is 9.10. The van der Waals surface area contributed by atoms with E-state index in [9.17, 15) is 8.42 Å². The summed E-state index contributed by atoms with van der Waals surface area (Å²) < 4.78 is 25.2. The van der Waals surface area contributed by atoms with E-state index in [-0.39, 0.29) is 5.75 Å². The van der Waals surface area contributed by atoms with E-state index in [1.165, 1.54) is 4.31 Å². The Morgan fingerprint density at radius 2 is 2.06 bits per heavy atom. The molecule has 1 rings (SSSR count). The molecule has 0 aliphatic heterocycles. The Morgan fingerprint density at radius 1 is 1.35 bits per heavy atom.